The number of fused-ring (bicyclic) bond motifs is 1. The molecule has 0 radical (unpaired) electrons. The Morgan fingerprint density at radius 3 is 2.61 bits per heavy atom. The number of primary amides is 1. The molecule has 2 amide bonds. The lowest BCUT2D eigenvalue weighted by molar-refractivity contribution is -0.114. The van der Waals surface area contributed by atoms with E-state index in [1.165, 1.54) is 13.0 Å². The maximum Gasteiger partial charge on any atom is 0.295 e. The number of benzene rings is 1. The fourth-order valence-electron chi connectivity index (χ4n) is 3.79. The van der Waals surface area contributed by atoms with E-state index in [-0.39, 0.29) is 40.5 Å². The summed E-state index contributed by atoms with van der Waals surface area (Å²) in [7, 11) is 0. The van der Waals surface area contributed by atoms with Gasteiger partial charge in [0.2, 0.25) is 11.7 Å². The summed E-state index contributed by atoms with van der Waals surface area (Å²) in [4.78, 5) is 45.9. The van der Waals surface area contributed by atoms with Crippen LogP contribution in [0.3, 0.4) is 0 Å². The summed E-state index contributed by atoms with van der Waals surface area (Å²) in [5.74, 6) is -2.62. The molecule has 3 rings (SSSR count). The van der Waals surface area contributed by atoms with E-state index in [4.69, 9.17) is 10.6 Å². The average molecular weight is 390 g/mol. The Labute approximate surface area is 160 Å². The standard InChI is InChI=1S/C19H23FN4O4/c1-3-28-24-18(17(21)26)23-12-9-13(22-10(2)25)16(20)14(15(12)19(24)27)11-7-5-4-6-8-11/h9,11H,3-8H2,1-2H3,(H2,21,26)(H,22,25). The maximum absolute atomic E-state index is 15.4. The van der Waals surface area contributed by atoms with Crippen LogP contribution in [0.4, 0.5) is 10.1 Å². The second-order valence-corrected chi connectivity index (χ2v) is 6.88. The van der Waals surface area contributed by atoms with Crippen LogP contribution in [-0.4, -0.2) is 28.1 Å². The van der Waals surface area contributed by atoms with Crippen LogP contribution in [0.1, 0.15) is 68.1 Å². The molecule has 1 aromatic carbocycles. The zero-order valence-corrected chi connectivity index (χ0v) is 15.9. The Morgan fingerprint density at radius 1 is 1.36 bits per heavy atom. The number of amides is 2. The van der Waals surface area contributed by atoms with E-state index in [0.29, 0.717) is 0 Å². The van der Waals surface area contributed by atoms with Crippen molar-refractivity contribution < 1.29 is 18.8 Å². The highest BCUT2D eigenvalue weighted by molar-refractivity contribution is 5.96. The van der Waals surface area contributed by atoms with Crippen molar-refractivity contribution in [3.63, 3.8) is 0 Å². The molecule has 8 nitrogen and oxygen atoms in total. The zero-order chi connectivity index (χ0) is 20.4. The van der Waals surface area contributed by atoms with Crippen molar-refractivity contribution >= 4 is 28.4 Å². The van der Waals surface area contributed by atoms with Gasteiger partial charge in [0.05, 0.1) is 16.6 Å². The van der Waals surface area contributed by atoms with Crippen molar-refractivity contribution in [3.8, 4) is 0 Å². The van der Waals surface area contributed by atoms with E-state index in [9.17, 15) is 14.4 Å². The Balaban J connectivity index is 2.39. The van der Waals surface area contributed by atoms with Crippen LogP contribution >= 0.6 is 0 Å². The smallest absolute Gasteiger partial charge is 0.295 e. The molecule has 0 bridgehead atoms. The first-order chi connectivity index (χ1) is 13.3. The normalized spacial score (nSPS) is 14.8. The van der Waals surface area contributed by atoms with E-state index in [2.05, 4.69) is 10.3 Å². The van der Waals surface area contributed by atoms with Gasteiger partial charge in [-0.05, 0) is 31.7 Å². The summed E-state index contributed by atoms with van der Waals surface area (Å²) in [5, 5.41) is 2.50. The number of carbonyl (C=O) groups excluding carboxylic acids is 2. The highest BCUT2D eigenvalue weighted by atomic mass is 19.1. The molecule has 1 fully saturated rings. The van der Waals surface area contributed by atoms with Gasteiger partial charge in [-0.15, -0.1) is 4.73 Å². The SMILES string of the molecule is CCOn1c(C(N)=O)nc2cc(NC(C)=O)c(F)c(C3CCCCC3)c2c1=O. The number of carbonyl (C=O) groups is 2. The second-order valence-electron chi connectivity index (χ2n) is 6.88. The first-order valence-corrected chi connectivity index (χ1v) is 9.35. The van der Waals surface area contributed by atoms with Gasteiger partial charge in [0.1, 0.15) is 6.61 Å². The first-order valence-electron chi connectivity index (χ1n) is 9.35. The predicted molar refractivity (Wildman–Crippen MR) is 102 cm³/mol. The molecule has 2 aromatic rings. The Morgan fingerprint density at radius 2 is 2.04 bits per heavy atom. The fraction of sp³-hybridized carbons (Fsp3) is 0.474. The van der Waals surface area contributed by atoms with Crippen LogP contribution in [0, 0.1) is 5.82 Å². The molecule has 1 aliphatic rings. The van der Waals surface area contributed by atoms with Gasteiger partial charge in [-0.3, -0.25) is 14.4 Å². The third-order valence-electron chi connectivity index (χ3n) is 4.90. The van der Waals surface area contributed by atoms with Gasteiger partial charge in [-0.1, -0.05) is 19.3 Å². The molecule has 0 atom stereocenters. The van der Waals surface area contributed by atoms with Gasteiger partial charge in [0.15, 0.2) is 5.82 Å². The molecule has 0 spiro atoms. The Bertz CT molecular complexity index is 996. The van der Waals surface area contributed by atoms with Gasteiger partial charge in [0.25, 0.3) is 11.5 Å². The third-order valence-corrected chi connectivity index (χ3v) is 4.90. The lowest BCUT2D eigenvalue weighted by atomic mass is 9.82. The van der Waals surface area contributed by atoms with Gasteiger partial charge in [0, 0.05) is 12.5 Å². The van der Waals surface area contributed by atoms with Gasteiger partial charge >= 0.3 is 0 Å². The van der Waals surface area contributed by atoms with Gasteiger partial charge in [-0.2, -0.15) is 0 Å². The summed E-state index contributed by atoms with van der Waals surface area (Å²) in [6.45, 7) is 3.00. The number of nitrogens with zero attached hydrogens (tertiary/aromatic N) is 2. The van der Waals surface area contributed by atoms with Crippen molar-refractivity contribution in [2.45, 2.75) is 51.9 Å². The summed E-state index contributed by atoms with van der Waals surface area (Å²) >= 11 is 0. The van der Waals surface area contributed by atoms with E-state index in [0.717, 1.165) is 36.8 Å². The van der Waals surface area contributed by atoms with Crippen LogP contribution in [0.2, 0.25) is 0 Å². The third kappa shape index (κ3) is 3.56. The van der Waals surface area contributed by atoms with Gasteiger partial charge < -0.3 is 15.9 Å². The highest BCUT2D eigenvalue weighted by Crippen LogP contribution is 2.39. The van der Waals surface area contributed by atoms with E-state index in [1.807, 2.05) is 0 Å². The number of halogens is 1. The topological polar surface area (TPSA) is 116 Å². The molecule has 1 heterocycles. The highest BCUT2D eigenvalue weighted by Gasteiger charge is 2.28. The summed E-state index contributed by atoms with van der Waals surface area (Å²) in [6, 6.07) is 1.25. The average Bonchev–Trinajstić information content (AvgIpc) is 2.65. The molecular formula is C19H23FN4O4. The quantitative estimate of drug-likeness (QED) is 0.811. The van der Waals surface area contributed by atoms with Crippen molar-refractivity contribution in [1.29, 1.82) is 0 Å². The molecule has 1 aromatic heterocycles. The minimum Gasteiger partial charge on any atom is -0.409 e. The molecule has 1 saturated carbocycles. The molecule has 0 aliphatic heterocycles. The second kappa shape index (κ2) is 7.95. The number of hydrogen-bond donors (Lipinski definition) is 2. The molecule has 9 heteroatoms. The Hall–Kier alpha value is -2.97. The first kappa shape index (κ1) is 19.8. The Kier molecular flexibility index (Phi) is 5.62. The van der Waals surface area contributed by atoms with E-state index < -0.39 is 23.2 Å². The van der Waals surface area contributed by atoms with E-state index >= 15 is 4.39 Å². The van der Waals surface area contributed by atoms with Gasteiger partial charge in [-0.25, -0.2) is 9.37 Å². The van der Waals surface area contributed by atoms with Crippen LogP contribution in [-0.2, 0) is 4.79 Å². The number of nitrogens with one attached hydrogen (secondary N) is 1. The number of rotatable bonds is 5. The van der Waals surface area contributed by atoms with Crippen LogP contribution in [0.5, 0.6) is 0 Å². The lowest BCUT2D eigenvalue weighted by Crippen LogP contribution is -2.36. The summed E-state index contributed by atoms with van der Waals surface area (Å²) in [5.41, 5.74) is 4.90. The van der Waals surface area contributed by atoms with Crippen molar-refractivity contribution in [2.75, 3.05) is 11.9 Å². The molecule has 150 valence electrons. The van der Waals surface area contributed by atoms with Crippen molar-refractivity contribution in [1.82, 2.24) is 9.71 Å². The molecule has 3 N–H and O–H groups in total. The number of aromatic nitrogens is 2. The summed E-state index contributed by atoms with van der Waals surface area (Å²) in [6.07, 6.45) is 4.34. The predicted octanol–water partition coefficient (Wildman–Crippen LogP) is 2.09. The van der Waals surface area contributed by atoms with Crippen LogP contribution in [0.15, 0.2) is 10.9 Å². The monoisotopic (exact) mass is 390 g/mol. The van der Waals surface area contributed by atoms with Crippen molar-refractivity contribution in [2.24, 2.45) is 5.73 Å². The number of hydrogen-bond acceptors (Lipinski definition) is 5. The van der Waals surface area contributed by atoms with Crippen LogP contribution < -0.4 is 21.4 Å². The molecular weight excluding hydrogens is 367 g/mol. The van der Waals surface area contributed by atoms with Crippen LogP contribution in [0.25, 0.3) is 10.9 Å². The number of anilines is 1. The fourth-order valence-corrected chi connectivity index (χ4v) is 3.79. The zero-order valence-electron chi connectivity index (χ0n) is 15.9. The minimum absolute atomic E-state index is 0.0527. The largest absolute Gasteiger partial charge is 0.409 e. The molecule has 1 aliphatic carbocycles. The minimum atomic E-state index is -0.947. The maximum atomic E-state index is 15.4. The molecule has 0 unspecified atom stereocenters. The number of nitrogens with two attached hydrogens (primary N) is 1. The molecule has 0 saturated heterocycles. The molecule has 28 heavy (non-hydrogen) atoms. The van der Waals surface area contributed by atoms with Crippen molar-refractivity contribution in [3.05, 3.63) is 33.6 Å². The lowest BCUT2D eigenvalue weighted by Gasteiger charge is -2.25. The van der Waals surface area contributed by atoms with E-state index in [1.54, 1.807) is 6.92 Å². The summed E-state index contributed by atoms with van der Waals surface area (Å²) < 4.78 is 16.1.